The smallest absolute Gasteiger partial charge is 0.345 e. The molecule has 144 valence electrons. The minimum Gasteiger partial charge on any atom is -0.452 e. The van der Waals surface area contributed by atoms with Gasteiger partial charge in [-0.05, 0) is 52.3 Å². The van der Waals surface area contributed by atoms with Crippen molar-refractivity contribution in [1.82, 2.24) is 4.98 Å². The second kappa shape index (κ2) is 7.99. The maximum Gasteiger partial charge on any atom is 0.345 e. The predicted molar refractivity (Wildman–Crippen MR) is 115 cm³/mol. The molecule has 4 aromatic rings. The van der Waals surface area contributed by atoms with Crippen molar-refractivity contribution in [2.45, 2.75) is 0 Å². The number of rotatable bonds is 3. The lowest BCUT2D eigenvalue weighted by Crippen LogP contribution is -2.16. The number of benzene rings is 2. The zero-order valence-corrected chi connectivity index (χ0v) is 17.6. The number of esters is 1. The lowest BCUT2D eigenvalue weighted by atomic mass is 10.1. The Labute approximate surface area is 183 Å². The standard InChI is InChI=1S/C21H10BrCl2NO4/c22-12-7-11(9-25-10-12)21(27)29-20-18(26)15-8-13(23)5-6-17(15)28-19(20)14-3-1-2-4-16(14)24/h1-10H. The molecule has 2 aromatic heterocycles. The Bertz CT molecular complexity index is 1320. The monoisotopic (exact) mass is 489 g/mol. The van der Waals surface area contributed by atoms with Gasteiger partial charge in [0.25, 0.3) is 0 Å². The summed E-state index contributed by atoms with van der Waals surface area (Å²) >= 11 is 15.6. The summed E-state index contributed by atoms with van der Waals surface area (Å²) in [7, 11) is 0. The van der Waals surface area contributed by atoms with Crippen LogP contribution in [0.1, 0.15) is 10.4 Å². The first-order chi connectivity index (χ1) is 13.9. The highest BCUT2D eigenvalue weighted by Gasteiger charge is 2.23. The average Bonchev–Trinajstić information content (AvgIpc) is 2.71. The molecule has 0 unspecified atom stereocenters. The molecule has 0 spiro atoms. The molecule has 0 radical (unpaired) electrons. The Hall–Kier alpha value is -2.67. The second-order valence-corrected chi connectivity index (χ2v) is 7.75. The van der Waals surface area contributed by atoms with E-state index in [1.54, 1.807) is 36.4 Å². The van der Waals surface area contributed by atoms with Crippen molar-refractivity contribution in [3.63, 3.8) is 0 Å². The van der Waals surface area contributed by atoms with Crippen LogP contribution in [0.2, 0.25) is 10.0 Å². The van der Waals surface area contributed by atoms with E-state index >= 15 is 0 Å². The first-order valence-corrected chi connectivity index (χ1v) is 9.83. The summed E-state index contributed by atoms with van der Waals surface area (Å²) < 4.78 is 12.0. The second-order valence-electron chi connectivity index (χ2n) is 5.99. The van der Waals surface area contributed by atoms with Crippen molar-refractivity contribution >= 4 is 56.1 Å². The summed E-state index contributed by atoms with van der Waals surface area (Å²) in [5.41, 5.74) is 0.326. The zero-order valence-electron chi connectivity index (χ0n) is 14.5. The molecule has 5 nitrogen and oxygen atoms in total. The molecule has 8 heteroatoms. The predicted octanol–water partition coefficient (Wildman–Crippen LogP) is 6.14. The number of nitrogens with zero attached hydrogens (tertiary/aromatic N) is 1. The number of aromatic nitrogens is 1. The van der Waals surface area contributed by atoms with E-state index in [0.29, 0.717) is 25.7 Å². The van der Waals surface area contributed by atoms with Gasteiger partial charge in [0.2, 0.25) is 11.2 Å². The Morgan fingerprint density at radius 2 is 1.86 bits per heavy atom. The summed E-state index contributed by atoms with van der Waals surface area (Å²) in [6.45, 7) is 0. The van der Waals surface area contributed by atoms with Gasteiger partial charge in [0.05, 0.1) is 16.0 Å². The van der Waals surface area contributed by atoms with Gasteiger partial charge in [-0.15, -0.1) is 0 Å². The van der Waals surface area contributed by atoms with E-state index in [0.717, 1.165) is 0 Å². The quantitative estimate of drug-likeness (QED) is 0.322. The van der Waals surface area contributed by atoms with E-state index in [1.807, 2.05) is 0 Å². The third-order valence-electron chi connectivity index (χ3n) is 4.06. The highest BCUT2D eigenvalue weighted by Crippen LogP contribution is 2.36. The molecule has 0 aliphatic rings. The molecular weight excluding hydrogens is 481 g/mol. The molecule has 0 fully saturated rings. The Balaban J connectivity index is 1.94. The van der Waals surface area contributed by atoms with Crippen LogP contribution in [0.5, 0.6) is 5.75 Å². The largest absolute Gasteiger partial charge is 0.452 e. The van der Waals surface area contributed by atoms with Crippen LogP contribution in [0.3, 0.4) is 0 Å². The Kier molecular flexibility index (Phi) is 5.41. The summed E-state index contributed by atoms with van der Waals surface area (Å²) in [5, 5.41) is 0.873. The van der Waals surface area contributed by atoms with Gasteiger partial charge in [0.1, 0.15) is 5.58 Å². The number of carbonyl (C=O) groups is 1. The third kappa shape index (κ3) is 3.92. The number of hydrogen-bond donors (Lipinski definition) is 0. The van der Waals surface area contributed by atoms with Gasteiger partial charge in [-0.25, -0.2) is 4.79 Å². The summed E-state index contributed by atoms with van der Waals surface area (Å²) in [6.07, 6.45) is 2.86. The van der Waals surface area contributed by atoms with Gasteiger partial charge in [0.15, 0.2) is 5.76 Å². The molecule has 4 rings (SSSR count). The number of hydrogen-bond acceptors (Lipinski definition) is 5. The minimum atomic E-state index is -0.763. The van der Waals surface area contributed by atoms with Gasteiger partial charge in [-0.3, -0.25) is 9.78 Å². The number of ether oxygens (including phenoxy) is 1. The van der Waals surface area contributed by atoms with Crippen molar-refractivity contribution < 1.29 is 13.9 Å². The average molecular weight is 491 g/mol. The van der Waals surface area contributed by atoms with Gasteiger partial charge in [0, 0.05) is 27.5 Å². The highest BCUT2D eigenvalue weighted by molar-refractivity contribution is 9.10. The highest BCUT2D eigenvalue weighted by atomic mass is 79.9. The molecule has 2 heterocycles. The molecule has 29 heavy (non-hydrogen) atoms. The van der Waals surface area contributed by atoms with Crippen molar-refractivity contribution in [1.29, 1.82) is 0 Å². The number of halogens is 3. The van der Waals surface area contributed by atoms with Crippen molar-refractivity contribution in [2.24, 2.45) is 0 Å². The van der Waals surface area contributed by atoms with Gasteiger partial charge < -0.3 is 9.15 Å². The molecule has 0 amide bonds. The molecule has 0 saturated heterocycles. The number of fused-ring (bicyclic) bond motifs is 1. The van der Waals surface area contributed by atoms with E-state index in [4.69, 9.17) is 32.4 Å². The van der Waals surface area contributed by atoms with Crippen LogP contribution in [0, 0.1) is 0 Å². The fourth-order valence-corrected chi connectivity index (χ4v) is 3.50. The van der Waals surface area contributed by atoms with Gasteiger partial charge in [-0.2, -0.15) is 0 Å². The normalized spacial score (nSPS) is 10.9. The molecular formula is C21H10BrCl2NO4. The van der Waals surface area contributed by atoms with Crippen LogP contribution in [-0.4, -0.2) is 11.0 Å². The first-order valence-electron chi connectivity index (χ1n) is 8.28. The maximum atomic E-state index is 13.2. The molecule has 0 bridgehead atoms. The summed E-state index contributed by atoms with van der Waals surface area (Å²) in [5.74, 6) is -0.995. The molecule has 0 saturated carbocycles. The zero-order chi connectivity index (χ0) is 20.5. The van der Waals surface area contributed by atoms with Crippen LogP contribution in [-0.2, 0) is 0 Å². The fourth-order valence-electron chi connectivity index (χ4n) is 2.74. The molecule has 0 atom stereocenters. The fraction of sp³-hybridized carbons (Fsp3) is 0. The minimum absolute atomic E-state index is 0.0479. The van der Waals surface area contributed by atoms with E-state index in [2.05, 4.69) is 20.9 Å². The summed E-state index contributed by atoms with van der Waals surface area (Å²) in [6, 6.07) is 12.9. The van der Waals surface area contributed by atoms with Crippen LogP contribution in [0.4, 0.5) is 0 Å². The van der Waals surface area contributed by atoms with E-state index in [-0.39, 0.29) is 22.5 Å². The topological polar surface area (TPSA) is 69.4 Å². The molecule has 0 N–H and O–H groups in total. The summed E-state index contributed by atoms with van der Waals surface area (Å²) in [4.78, 5) is 29.8. The van der Waals surface area contributed by atoms with Crippen LogP contribution >= 0.6 is 39.1 Å². The number of carbonyl (C=O) groups excluding carboxylic acids is 1. The van der Waals surface area contributed by atoms with Gasteiger partial charge in [-0.1, -0.05) is 35.3 Å². The van der Waals surface area contributed by atoms with Crippen LogP contribution in [0.15, 0.2) is 74.6 Å². The van der Waals surface area contributed by atoms with Crippen LogP contribution in [0.25, 0.3) is 22.3 Å². The van der Waals surface area contributed by atoms with E-state index in [1.165, 1.54) is 24.5 Å². The Morgan fingerprint density at radius 1 is 1.07 bits per heavy atom. The van der Waals surface area contributed by atoms with Crippen molar-refractivity contribution in [3.05, 3.63) is 91.2 Å². The van der Waals surface area contributed by atoms with E-state index < -0.39 is 11.4 Å². The lowest BCUT2D eigenvalue weighted by molar-refractivity contribution is 0.0731. The number of pyridine rings is 1. The van der Waals surface area contributed by atoms with Crippen molar-refractivity contribution in [3.8, 4) is 17.1 Å². The first kappa shape index (κ1) is 19.6. The van der Waals surface area contributed by atoms with Crippen LogP contribution < -0.4 is 10.2 Å². The Morgan fingerprint density at radius 3 is 2.62 bits per heavy atom. The maximum absolute atomic E-state index is 13.2. The van der Waals surface area contributed by atoms with Crippen molar-refractivity contribution in [2.75, 3.05) is 0 Å². The molecule has 0 aliphatic carbocycles. The van der Waals surface area contributed by atoms with Gasteiger partial charge >= 0.3 is 5.97 Å². The SMILES string of the molecule is O=C(Oc1c(-c2ccccc2Cl)oc2ccc(Cl)cc2c1=O)c1cncc(Br)c1. The third-order valence-corrected chi connectivity index (χ3v) is 5.06. The lowest BCUT2D eigenvalue weighted by Gasteiger charge is -2.11. The molecule has 2 aromatic carbocycles. The van der Waals surface area contributed by atoms with E-state index in [9.17, 15) is 9.59 Å². The molecule has 0 aliphatic heterocycles.